The molecule has 186 valence electrons. The van der Waals surface area contributed by atoms with E-state index < -0.39 is 6.17 Å². The van der Waals surface area contributed by atoms with Gasteiger partial charge in [-0.05, 0) is 60.5 Å². The van der Waals surface area contributed by atoms with Crippen LogP contribution < -0.4 is 15.5 Å². The van der Waals surface area contributed by atoms with Crippen LogP contribution in [-0.4, -0.2) is 36.1 Å². The Morgan fingerprint density at radius 3 is 2.30 bits per heavy atom. The molecule has 1 aliphatic rings. The molecule has 0 aliphatic carbocycles. The van der Waals surface area contributed by atoms with E-state index >= 15 is 0 Å². The molecule has 2 N–H and O–H groups in total. The van der Waals surface area contributed by atoms with Crippen molar-refractivity contribution in [1.29, 1.82) is 0 Å². The van der Waals surface area contributed by atoms with Crippen molar-refractivity contribution in [2.45, 2.75) is 12.6 Å². The lowest BCUT2D eigenvalue weighted by Gasteiger charge is -2.45. The predicted octanol–water partition coefficient (Wildman–Crippen LogP) is 6.43. The molecule has 5 rings (SSSR count). The molecule has 0 radical (unpaired) electrons. The number of nitrogens with zero attached hydrogens (tertiary/aromatic N) is 2. The molecule has 1 heterocycles. The van der Waals surface area contributed by atoms with Crippen molar-refractivity contribution in [2.75, 3.05) is 23.3 Å². The fraction of sp³-hybridized carbons (Fsp3) is 0.133. The van der Waals surface area contributed by atoms with Gasteiger partial charge in [-0.15, -0.1) is 0 Å². The van der Waals surface area contributed by atoms with Gasteiger partial charge in [0, 0.05) is 22.4 Å². The molecule has 0 bridgehead atoms. The third-order valence-electron chi connectivity index (χ3n) is 6.35. The number of nitrogens with one attached hydrogen (secondary N) is 2. The van der Waals surface area contributed by atoms with Gasteiger partial charge in [-0.2, -0.15) is 0 Å². The maximum Gasteiger partial charge on any atom is 0.319 e. The van der Waals surface area contributed by atoms with Crippen LogP contribution in [0.15, 0.2) is 114 Å². The van der Waals surface area contributed by atoms with Crippen molar-refractivity contribution in [1.82, 2.24) is 10.2 Å². The quantitative estimate of drug-likeness (QED) is 0.276. The van der Waals surface area contributed by atoms with E-state index in [9.17, 15) is 9.59 Å². The summed E-state index contributed by atoms with van der Waals surface area (Å²) >= 11 is 3.54. The number of rotatable bonds is 7. The van der Waals surface area contributed by atoms with E-state index in [1.54, 1.807) is 0 Å². The van der Waals surface area contributed by atoms with Crippen molar-refractivity contribution < 1.29 is 9.59 Å². The summed E-state index contributed by atoms with van der Waals surface area (Å²) in [5.41, 5.74) is 4.25. The number of anilines is 3. The number of para-hydroxylation sites is 3. The Bertz CT molecular complexity index is 1380. The molecular weight excluding hydrogens is 528 g/mol. The Labute approximate surface area is 225 Å². The molecule has 1 aliphatic heterocycles. The van der Waals surface area contributed by atoms with Crippen LogP contribution in [0.4, 0.5) is 21.9 Å². The summed E-state index contributed by atoms with van der Waals surface area (Å²) < 4.78 is 1.00. The van der Waals surface area contributed by atoms with Crippen LogP contribution in [0.1, 0.15) is 15.9 Å². The summed E-state index contributed by atoms with van der Waals surface area (Å²) in [5.74, 6) is -0.0481. The molecule has 4 aromatic rings. The van der Waals surface area contributed by atoms with E-state index in [0.717, 1.165) is 21.4 Å². The fourth-order valence-electron chi connectivity index (χ4n) is 4.63. The molecule has 0 aromatic heterocycles. The number of carbonyl (C=O) groups excluding carboxylic acids is 2. The number of urea groups is 1. The lowest BCUT2D eigenvalue weighted by Crippen LogP contribution is -2.58. The Hall–Kier alpha value is -4.10. The Balaban J connectivity index is 1.46. The van der Waals surface area contributed by atoms with Gasteiger partial charge in [0.25, 0.3) is 5.91 Å². The Morgan fingerprint density at radius 1 is 0.838 bits per heavy atom. The number of amides is 3. The highest BCUT2D eigenvalue weighted by molar-refractivity contribution is 9.10. The van der Waals surface area contributed by atoms with Gasteiger partial charge < -0.3 is 20.4 Å². The Kier molecular flexibility index (Phi) is 7.51. The summed E-state index contributed by atoms with van der Waals surface area (Å²) in [6.45, 7) is 0.742. The highest BCUT2D eigenvalue weighted by Gasteiger charge is 2.38. The zero-order valence-corrected chi connectivity index (χ0v) is 21.8. The van der Waals surface area contributed by atoms with Crippen LogP contribution in [0.2, 0.25) is 0 Å². The van der Waals surface area contributed by atoms with Crippen LogP contribution in [0, 0.1) is 0 Å². The Morgan fingerprint density at radius 2 is 1.54 bits per heavy atom. The van der Waals surface area contributed by atoms with Gasteiger partial charge in [0.05, 0.1) is 17.8 Å². The van der Waals surface area contributed by atoms with Crippen LogP contribution >= 0.6 is 15.9 Å². The number of halogens is 1. The molecule has 0 fully saturated rings. The maximum atomic E-state index is 13.8. The number of hydrogen-bond acceptors (Lipinski definition) is 3. The summed E-state index contributed by atoms with van der Waals surface area (Å²) in [6.07, 6.45) is 0.265. The monoisotopic (exact) mass is 554 g/mol. The summed E-state index contributed by atoms with van der Waals surface area (Å²) in [6, 6.07) is 34.7. The van der Waals surface area contributed by atoms with Crippen LogP contribution in [0.5, 0.6) is 0 Å². The van der Waals surface area contributed by atoms with Gasteiger partial charge in [-0.25, -0.2) is 4.79 Å². The van der Waals surface area contributed by atoms with Crippen molar-refractivity contribution >= 4 is 44.9 Å². The number of fused-ring (bicyclic) bond motifs is 1. The molecule has 37 heavy (non-hydrogen) atoms. The number of hydrogen-bond donors (Lipinski definition) is 2. The zero-order valence-electron chi connectivity index (χ0n) is 20.2. The minimum absolute atomic E-state index is 0.0481. The minimum Gasteiger partial charge on any atom is -0.334 e. The van der Waals surface area contributed by atoms with E-state index in [1.807, 2.05) is 102 Å². The third-order valence-corrected chi connectivity index (χ3v) is 6.85. The minimum atomic E-state index is -0.418. The lowest BCUT2D eigenvalue weighted by molar-refractivity contribution is 0.0665. The first-order valence-corrected chi connectivity index (χ1v) is 13.0. The first-order valence-electron chi connectivity index (χ1n) is 12.2. The van der Waals surface area contributed by atoms with Gasteiger partial charge in [0.2, 0.25) is 0 Å². The second-order valence-corrected chi connectivity index (χ2v) is 9.70. The van der Waals surface area contributed by atoms with Crippen molar-refractivity contribution in [3.05, 3.63) is 125 Å². The fourth-order valence-corrected chi connectivity index (χ4v) is 5.08. The van der Waals surface area contributed by atoms with E-state index in [4.69, 9.17) is 0 Å². The molecular formula is C30H27BrN4O2. The second kappa shape index (κ2) is 11.3. The first-order chi connectivity index (χ1) is 18.1. The largest absolute Gasteiger partial charge is 0.334 e. The average Bonchev–Trinajstić information content (AvgIpc) is 2.92. The van der Waals surface area contributed by atoms with E-state index in [-0.39, 0.29) is 18.5 Å². The number of carbonyl (C=O) groups is 2. The maximum absolute atomic E-state index is 13.8. The van der Waals surface area contributed by atoms with Crippen LogP contribution in [-0.2, 0) is 6.42 Å². The predicted molar refractivity (Wildman–Crippen MR) is 151 cm³/mol. The van der Waals surface area contributed by atoms with Gasteiger partial charge in [-0.3, -0.25) is 4.79 Å². The molecule has 0 spiro atoms. The van der Waals surface area contributed by atoms with Gasteiger partial charge >= 0.3 is 6.03 Å². The molecule has 7 heteroatoms. The topological polar surface area (TPSA) is 64.7 Å². The van der Waals surface area contributed by atoms with E-state index in [0.29, 0.717) is 24.2 Å². The summed E-state index contributed by atoms with van der Waals surface area (Å²) in [7, 11) is 0. The summed E-state index contributed by atoms with van der Waals surface area (Å²) in [5, 5.41) is 5.86. The van der Waals surface area contributed by atoms with Gasteiger partial charge in [0.1, 0.15) is 6.17 Å². The van der Waals surface area contributed by atoms with E-state index in [2.05, 4.69) is 43.6 Å². The highest BCUT2D eigenvalue weighted by atomic mass is 79.9. The smallest absolute Gasteiger partial charge is 0.319 e. The van der Waals surface area contributed by atoms with Crippen LogP contribution in [0.25, 0.3) is 0 Å². The highest BCUT2D eigenvalue weighted by Crippen LogP contribution is 2.37. The normalized spacial score (nSPS) is 14.7. The van der Waals surface area contributed by atoms with Crippen molar-refractivity contribution in [3.63, 3.8) is 0 Å². The first kappa shape index (κ1) is 24.6. The van der Waals surface area contributed by atoms with Crippen LogP contribution in [0.3, 0.4) is 0 Å². The van der Waals surface area contributed by atoms with Crippen molar-refractivity contribution in [3.8, 4) is 0 Å². The van der Waals surface area contributed by atoms with E-state index in [1.165, 1.54) is 0 Å². The van der Waals surface area contributed by atoms with Gasteiger partial charge in [0.15, 0.2) is 0 Å². The third kappa shape index (κ3) is 5.67. The molecule has 3 amide bonds. The average molecular weight is 555 g/mol. The molecule has 1 atom stereocenters. The SMILES string of the molecule is O=C(NCC1N(CCc2cccc(Br)c2)C(=O)c2ccccc2N1c1ccccc1)Nc1ccccc1. The second-order valence-electron chi connectivity index (χ2n) is 8.78. The summed E-state index contributed by atoms with van der Waals surface area (Å²) in [4.78, 5) is 30.6. The molecule has 4 aromatic carbocycles. The standard InChI is InChI=1S/C30H27BrN4O2/c31-23-11-9-10-22(20-23)18-19-34-28(21-32-30(37)33-24-12-3-1-4-13-24)35(25-14-5-2-6-15-25)27-17-8-7-16-26(27)29(34)36/h1-17,20,28H,18-19,21H2,(H2,32,33,37). The molecule has 1 unspecified atom stereocenters. The zero-order chi connectivity index (χ0) is 25.6. The lowest BCUT2D eigenvalue weighted by atomic mass is 10.0. The van der Waals surface area contributed by atoms with Gasteiger partial charge in [-0.1, -0.05) is 76.6 Å². The number of benzene rings is 4. The molecule has 6 nitrogen and oxygen atoms in total. The molecule has 0 saturated carbocycles. The van der Waals surface area contributed by atoms with Crippen molar-refractivity contribution in [2.24, 2.45) is 0 Å². The molecule has 0 saturated heterocycles.